The van der Waals surface area contributed by atoms with Gasteiger partial charge in [0.25, 0.3) is 0 Å². The van der Waals surface area contributed by atoms with Gasteiger partial charge in [-0.2, -0.15) is 0 Å². The van der Waals surface area contributed by atoms with E-state index in [9.17, 15) is 4.79 Å². The van der Waals surface area contributed by atoms with Gasteiger partial charge in [0.2, 0.25) is 5.91 Å². The number of nitrogens with one attached hydrogen (secondary N) is 1. The van der Waals surface area contributed by atoms with Crippen LogP contribution in [0.25, 0.3) is 5.69 Å². The van der Waals surface area contributed by atoms with Crippen molar-refractivity contribution in [1.29, 1.82) is 0 Å². The summed E-state index contributed by atoms with van der Waals surface area (Å²) in [5.74, 6) is 0.996. The highest BCUT2D eigenvalue weighted by atomic mass is 32.2. The molecule has 0 bridgehead atoms. The van der Waals surface area contributed by atoms with E-state index in [0.29, 0.717) is 6.54 Å². The Morgan fingerprint density at radius 2 is 1.88 bits per heavy atom. The average molecular weight is 351 g/mol. The molecule has 5 heteroatoms. The summed E-state index contributed by atoms with van der Waals surface area (Å²) in [4.78, 5) is 17.6. The van der Waals surface area contributed by atoms with Crippen molar-refractivity contribution in [3.8, 4) is 5.69 Å². The lowest BCUT2D eigenvalue weighted by molar-refractivity contribution is -0.120. The Hall–Kier alpha value is -2.53. The van der Waals surface area contributed by atoms with Gasteiger partial charge in [0, 0.05) is 29.5 Å². The van der Waals surface area contributed by atoms with E-state index in [-0.39, 0.29) is 11.2 Å². The molecule has 1 atom stereocenters. The SMILES string of the molecule is Cc1nccn1-c1ccc(CNC(=O)[C@H](C)Sc2ccccc2)cc1. The van der Waals surface area contributed by atoms with E-state index in [1.807, 2.05) is 79.2 Å². The molecule has 128 valence electrons. The fourth-order valence-corrected chi connectivity index (χ4v) is 3.43. The molecule has 4 nitrogen and oxygen atoms in total. The Labute approximate surface area is 152 Å². The van der Waals surface area contributed by atoms with Crippen LogP contribution >= 0.6 is 11.8 Å². The van der Waals surface area contributed by atoms with E-state index >= 15 is 0 Å². The summed E-state index contributed by atoms with van der Waals surface area (Å²) in [5, 5.41) is 2.88. The van der Waals surface area contributed by atoms with Crippen molar-refractivity contribution in [2.45, 2.75) is 30.5 Å². The minimum absolute atomic E-state index is 0.0448. The Morgan fingerprint density at radius 3 is 2.52 bits per heavy atom. The first-order valence-corrected chi connectivity index (χ1v) is 9.10. The van der Waals surface area contributed by atoms with E-state index in [2.05, 4.69) is 10.3 Å². The maximum Gasteiger partial charge on any atom is 0.233 e. The maximum atomic E-state index is 12.3. The monoisotopic (exact) mass is 351 g/mol. The van der Waals surface area contributed by atoms with Crippen LogP contribution in [0.2, 0.25) is 0 Å². The fraction of sp³-hybridized carbons (Fsp3) is 0.200. The number of thioether (sulfide) groups is 1. The molecule has 0 saturated carbocycles. The maximum absolute atomic E-state index is 12.3. The molecular formula is C20H21N3OS. The average Bonchev–Trinajstić information content (AvgIpc) is 3.07. The van der Waals surface area contributed by atoms with Gasteiger partial charge in [0.15, 0.2) is 0 Å². The normalized spacial score (nSPS) is 11.9. The lowest BCUT2D eigenvalue weighted by Gasteiger charge is -2.12. The van der Waals surface area contributed by atoms with E-state index < -0.39 is 0 Å². The molecular weight excluding hydrogens is 330 g/mol. The molecule has 0 saturated heterocycles. The molecule has 1 aromatic heterocycles. The fourth-order valence-electron chi connectivity index (χ4n) is 2.51. The van der Waals surface area contributed by atoms with Gasteiger partial charge in [-0.25, -0.2) is 4.98 Å². The Morgan fingerprint density at radius 1 is 1.16 bits per heavy atom. The molecule has 0 spiro atoms. The molecule has 2 aromatic carbocycles. The van der Waals surface area contributed by atoms with E-state index in [1.165, 1.54) is 0 Å². The molecule has 0 unspecified atom stereocenters. The zero-order chi connectivity index (χ0) is 17.6. The van der Waals surface area contributed by atoms with Crippen molar-refractivity contribution in [3.63, 3.8) is 0 Å². The van der Waals surface area contributed by atoms with Gasteiger partial charge in [-0.1, -0.05) is 30.3 Å². The number of aromatic nitrogens is 2. The Bertz CT molecular complexity index is 828. The van der Waals surface area contributed by atoms with Crippen LogP contribution in [0.4, 0.5) is 0 Å². The third-order valence-corrected chi connectivity index (χ3v) is 5.04. The Kier molecular flexibility index (Phi) is 5.56. The molecule has 0 aliphatic heterocycles. The number of carbonyl (C=O) groups excluding carboxylic acids is 1. The predicted molar refractivity (Wildman–Crippen MR) is 102 cm³/mol. The minimum atomic E-state index is -0.129. The van der Waals surface area contributed by atoms with Crippen molar-refractivity contribution in [3.05, 3.63) is 78.4 Å². The highest BCUT2D eigenvalue weighted by Crippen LogP contribution is 2.22. The van der Waals surface area contributed by atoms with Crippen LogP contribution in [0.5, 0.6) is 0 Å². The van der Waals surface area contributed by atoms with Crippen LogP contribution in [0, 0.1) is 6.92 Å². The number of hydrogen-bond donors (Lipinski definition) is 1. The molecule has 3 aromatic rings. The molecule has 25 heavy (non-hydrogen) atoms. The summed E-state index contributed by atoms with van der Waals surface area (Å²) in [5.41, 5.74) is 2.14. The topological polar surface area (TPSA) is 46.9 Å². The van der Waals surface area contributed by atoms with Gasteiger partial charge in [-0.3, -0.25) is 4.79 Å². The van der Waals surface area contributed by atoms with Crippen LogP contribution < -0.4 is 5.32 Å². The van der Waals surface area contributed by atoms with Gasteiger partial charge in [0.05, 0.1) is 5.25 Å². The smallest absolute Gasteiger partial charge is 0.233 e. The number of imidazole rings is 1. The molecule has 1 heterocycles. The van der Waals surface area contributed by atoms with Crippen LogP contribution in [-0.2, 0) is 11.3 Å². The summed E-state index contributed by atoms with van der Waals surface area (Å²) >= 11 is 1.57. The zero-order valence-corrected chi connectivity index (χ0v) is 15.2. The molecule has 0 fully saturated rings. The van der Waals surface area contributed by atoms with Crippen LogP contribution in [0.3, 0.4) is 0 Å². The predicted octanol–water partition coefficient (Wildman–Crippen LogP) is 3.98. The molecule has 3 rings (SSSR count). The van der Waals surface area contributed by atoms with Gasteiger partial charge in [-0.15, -0.1) is 11.8 Å². The third-order valence-electron chi connectivity index (χ3n) is 3.93. The first kappa shape index (κ1) is 17.3. The van der Waals surface area contributed by atoms with Gasteiger partial charge in [-0.05, 0) is 43.7 Å². The number of benzene rings is 2. The second-order valence-electron chi connectivity index (χ2n) is 5.80. The summed E-state index contributed by atoms with van der Waals surface area (Å²) in [7, 11) is 0. The molecule has 0 aliphatic carbocycles. The molecule has 1 N–H and O–H groups in total. The quantitative estimate of drug-likeness (QED) is 0.684. The van der Waals surface area contributed by atoms with Crippen molar-refractivity contribution in [2.75, 3.05) is 0 Å². The highest BCUT2D eigenvalue weighted by molar-refractivity contribution is 8.00. The summed E-state index contributed by atoms with van der Waals surface area (Å²) in [6, 6.07) is 18.1. The second kappa shape index (κ2) is 8.03. The van der Waals surface area contributed by atoms with Crippen molar-refractivity contribution < 1.29 is 4.79 Å². The van der Waals surface area contributed by atoms with Gasteiger partial charge < -0.3 is 9.88 Å². The number of nitrogens with zero attached hydrogens (tertiary/aromatic N) is 2. The summed E-state index contributed by atoms with van der Waals surface area (Å²) < 4.78 is 2.03. The number of aryl methyl sites for hydroxylation is 1. The van der Waals surface area contributed by atoms with Gasteiger partial charge in [0.1, 0.15) is 5.82 Å². The van der Waals surface area contributed by atoms with Crippen molar-refractivity contribution >= 4 is 17.7 Å². The van der Waals surface area contributed by atoms with E-state index in [1.54, 1.807) is 18.0 Å². The third kappa shape index (κ3) is 4.51. The summed E-state index contributed by atoms with van der Waals surface area (Å²) in [6.07, 6.45) is 3.73. The first-order valence-electron chi connectivity index (χ1n) is 8.22. The number of carbonyl (C=O) groups is 1. The standard InChI is InChI=1S/C20H21N3OS/c1-15(25-19-6-4-3-5-7-19)20(24)22-14-17-8-10-18(11-9-17)23-13-12-21-16(23)2/h3-13,15H,14H2,1-2H3,(H,22,24)/t15-/m0/s1. The summed E-state index contributed by atoms with van der Waals surface area (Å²) in [6.45, 7) is 4.43. The van der Waals surface area contributed by atoms with Crippen LogP contribution in [0.1, 0.15) is 18.3 Å². The van der Waals surface area contributed by atoms with Crippen LogP contribution in [-0.4, -0.2) is 20.7 Å². The zero-order valence-electron chi connectivity index (χ0n) is 14.3. The van der Waals surface area contributed by atoms with E-state index in [4.69, 9.17) is 0 Å². The number of rotatable bonds is 6. The second-order valence-corrected chi connectivity index (χ2v) is 7.22. The van der Waals surface area contributed by atoms with E-state index in [0.717, 1.165) is 22.0 Å². The molecule has 0 radical (unpaired) electrons. The minimum Gasteiger partial charge on any atom is -0.351 e. The van der Waals surface area contributed by atoms with Crippen LogP contribution in [0.15, 0.2) is 71.9 Å². The Balaban J connectivity index is 1.54. The molecule has 0 aliphatic rings. The number of hydrogen-bond acceptors (Lipinski definition) is 3. The molecule has 1 amide bonds. The van der Waals surface area contributed by atoms with Crippen molar-refractivity contribution in [2.24, 2.45) is 0 Å². The van der Waals surface area contributed by atoms with Gasteiger partial charge >= 0.3 is 0 Å². The number of amides is 1. The lowest BCUT2D eigenvalue weighted by Crippen LogP contribution is -2.30. The highest BCUT2D eigenvalue weighted by Gasteiger charge is 2.13. The lowest BCUT2D eigenvalue weighted by atomic mass is 10.2. The first-order chi connectivity index (χ1) is 12.1. The van der Waals surface area contributed by atoms with Crippen molar-refractivity contribution in [1.82, 2.24) is 14.9 Å². The largest absolute Gasteiger partial charge is 0.351 e.